The van der Waals surface area contributed by atoms with Crippen molar-refractivity contribution in [2.45, 2.75) is 35.1 Å². The van der Waals surface area contributed by atoms with E-state index in [9.17, 15) is 16.8 Å². The topological polar surface area (TPSA) is 95.6 Å². The molecule has 3 rings (SSSR count). The average molecular weight is 410 g/mol. The van der Waals surface area contributed by atoms with E-state index in [1.165, 1.54) is 28.6 Å². The minimum absolute atomic E-state index is 0. The van der Waals surface area contributed by atoms with E-state index in [0.29, 0.717) is 13.1 Å². The van der Waals surface area contributed by atoms with Gasteiger partial charge in [0.2, 0.25) is 20.0 Å². The first kappa shape index (κ1) is 20.6. The van der Waals surface area contributed by atoms with Crippen LogP contribution in [0.4, 0.5) is 0 Å². The fourth-order valence-electron chi connectivity index (χ4n) is 2.91. The van der Waals surface area contributed by atoms with Crippen LogP contribution >= 0.6 is 12.4 Å². The quantitative estimate of drug-likeness (QED) is 0.693. The standard InChI is InChI=1S/C15H23N3O4S2.ClH/c1-16-10-12-7-8-18(11-12)24(21,22)15-4-2-3-14(9-15)23(19,20)17-13-5-6-13;/h2-4,9,12-13,16-17H,5-8,10-11H2,1H3;1H. The highest BCUT2D eigenvalue weighted by Gasteiger charge is 2.33. The molecule has 2 fully saturated rings. The number of nitrogens with zero attached hydrogens (tertiary/aromatic N) is 1. The molecule has 142 valence electrons. The van der Waals surface area contributed by atoms with Crippen molar-refractivity contribution in [3.05, 3.63) is 24.3 Å². The molecule has 2 N–H and O–H groups in total. The summed E-state index contributed by atoms with van der Waals surface area (Å²) in [5.74, 6) is 0.285. The van der Waals surface area contributed by atoms with Crippen LogP contribution in [0.5, 0.6) is 0 Å². The predicted molar refractivity (Wildman–Crippen MR) is 97.8 cm³/mol. The normalized spacial score (nSPS) is 21.9. The minimum atomic E-state index is -3.67. The van der Waals surface area contributed by atoms with Crippen molar-refractivity contribution in [2.24, 2.45) is 5.92 Å². The Bertz CT molecular complexity index is 810. The molecule has 1 saturated carbocycles. The zero-order valence-electron chi connectivity index (χ0n) is 14.0. The van der Waals surface area contributed by atoms with Gasteiger partial charge in [0.15, 0.2) is 0 Å². The molecule has 1 aliphatic carbocycles. The van der Waals surface area contributed by atoms with Crippen LogP contribution in [0.3, 0.4) is 0 Å². The van der Waals surface area contributed by atoms with Gasteiger partial charge in [-0.2, -0.15) is 4.31 Å². The van der Waals surface area contributed by atoms with Gasteiger partial charge in [-0.3, -0.25) is 0 Å². The van der Waals surface area contributed by atoms with Crippen molar-refractivity contribution in [3.63, 3.8) is 0 Å². The Morgan fingerprint density at radius 2 is 1.80 bits per heavy atom. The highest BCUT2D eigenvalue weighted by molar-refractivity contribution is 7.90. The largest absolute Gasteiger partial charge is 0.319 e. The van der Waals surface area contributed by atoms with Crippen molar-refractivity contribution in [1.29, 1.82) is 0 Å². The third kappa shape index (κ3) is 4.72. The Morgan fingerprint density at radius 3 is 2.44 bits per heavy atom. The van der Waals surface area contributed by atoms with Gasteiger partial charge in [-0.25, -0.2) is 21.6 Å². The Labute approximate surface area is 155 Å². The molecule has 1 unspecified atom stereocenters. The highest BCUT2D eigenvalue weighted by Crippen LogP contribution is 2.27. The van der Waals surface area contributed by atoms with Crippen LogP contribution in [-0.2, 0) is 20.0 Å². The fourth-order valence-corrected chi connectivity index (χ4v) is 5.91. The number of rotatable bonds is 7. The molecule has 0 aromatic heterocycles. The number of benzene rings is 1. The van der Waals surface area contributed by atoms with E-state index in [0.717, 1.165) is 25.8 Å². The lowest BCUT2D eigenvalue weighted by atomic mass is 10.1. The van der Waals surface area contributed by atoms with Gasteiger partial charge in [-0.1, -0.05) is 6.07 Å². The lowest BCUT2D eigenvalue weighted by Gasteiger charge is -2.17. The van der Waals surface area contributed by atoms with Gasteiger partial charge in [0, 0.05) is 19.1 Å². The van der Waals surface area contributed by atoms with Crippen LogP contribution in [0.25, 0.3) is 0 Å². The Morgan fingerprint density at radius 1 is 1.12 bits per heavy atom. The molecule has 10 heteroatoms. The minimum Gasteiger partial charge on any atom is -0.319 e. The van der Waals surface area contributed by atoms with E-state index < -0.39 is 20.0 Å². The molecule has 0 bridgehead atoms. The van der Waals surface area contributed by atoms with Gasteiger partial charge in [0.1, 0.15) is 0 Å². The third-order valence-corrected chi connectivity index (χ3v) is 7.77. The summed E-state index contributed by atoms with van der Waals surface area (Å²) in [7, 11) is -5.49. The van der Waals surface area contributed by atoms with Crippen LogP contribution in [0.15, 0.2) is 34.1 Å². The van der Waals surface area contributed by atoms with Gasteiger partial charge >= 0.3 is 0 Å². The summed E-state index contributed by atoms with van der Waals surface area (Å²) in [5, 5.41) is 3.07. The molecule has 7 nitrogen and oxygen atoms in total. The van der Waals surface area contributed by atoms with E-state index in [1.54, 1.807) is 0 Å². The lowest BCUT2D eigenvalue weighted by molar-refractivity contribution is 0.451. The van der Waals surface area contributed by atoms with Gasteiger partial charge in [0.05, 0.1) is 9.79 Å². The molecule has 0 radical (unpaired) electrons. The van der Waals surface area contributed by atoms with Crippen molar-refractivity contribution in [3.8, 4) is 0 Å². The van der Waals surface area contributed by atoms with E-state index in [4.69, 9.17) is 0 Å². The molecular formula is C15H24ClN3O4S2. The van der Waals surface area contributed by atoms with Crippen molar-refractivity contribution >= 4 is 32.5 Å². The number of nitrogens with one attached hydrogen (secondary N) is 2. The zero-order chi connectivity index (χ0) is 17.4. The number of hydrogen-bond acceptors (Lipinski definition) is 5. The van der Waals surface area contributed by atoms with Gasteiger partial charge in [0.25, 0.3) is 0 Å². The van der Waals surface area contributed by atoms with Gasteiger partial charge in [-0.15, -0.1) is 12.4 Å². The van der Waals surface area contributed by atoms with Crippen molar-refractivity contribution < 1.29 is 16.8 Å². The molecule has 0 amide bonds. The van der Waals surface area contributed by atoms with Crippen LogP contribution in [0.2, 0.25) is 0 Å². The first-order chi connectivity index (χ1) is 11.3. The highest BCUT2D eigenvalue weighted by atomic mass is 35.5. The monoisotopic (exact) mass is 409 g/mol. The van der Waals surface area contributed by atoms with E-state index in [1.807, 2.05) is 7.05 Å². The molecule has 0 spiro atoms. The summed E-state index contributed by atoms with van der Waals surface area (Å²) in [5.41, 5.74) is 0. The summed E-state index contributed by atoms with van der Waals surface area (Å²) < 4.78 is 54.2. The van der Waals surface area contributed by atoms with E-state index in [-0.39, 0.29) is 34.2 Å². The molecule has 25 heavy (non-hydrogen) atoms. The Kier molecular flexibility index (Phi) is 6.50. The van der Waals surface area contributed by atoms with Crippen LogP contribution in [0, 0.1) is 5.92 Å². The summed E-state index contributed by atoms with van der Waals surface area (Å²) in [6, 6.07) is 5.60. The zero-order valence-corrected chi connectivity index (χ0v) is 16.5. The fraction of sp³-hybridized carbons (Fsp3) is 0.600. The van der Waals surface area contributed by atoms with Crippen LogP contribution in [0.1, 0.15) is 19.3 Å². The predicted octanol–water partition coefficient (Wildman–Crippen LogP) is 0.779. The Balaban J connectivity index is 0.00000225. The third-order valence-electron chi connectivity index (χ3n) is 4.39. The first-order valence-corrected chi connectivity index (χ1v) is 11.0. The van der Waals surface area contributed by atoms with Crippen molar-refractivity contribution in [2.75, 3.05) is 26.7 Å². The van der Waals surface area contributed by atoms with E-state index in [2.05, 4.69) is 10.0 Å². The molecule has 1 atom stereocenters. The molecule has 1 aromatic carbocycles. The number of hydrogen-bond donors (Lipinski definition) is 2. The second kappa shape index (κ2) is 7.89. The van der Waals surface area contributed by atoms with Gasteiger partial charge in [-0.05, 0) is 57.0 Å². The maximum Gasteiger partial charge on any atom is 0.243 e. The second-order valence-electron chi connectivity index (χ2n) is 6.45. The lowest BCUT2D eigenvalue weighted by Crippen LogP contribution is -2.31. The second-order valence-corrected chi connectivity index (χ2v) is 10.1. The average Bonchev–Trinajstić information content (AvgIpc) is 3.21. The molecule has 1 heterocycles. The molecule has 2 aliphatic rings. The smallest absolute Gasteiger partial charge is 0.243 e. The maximum absolute atomic E-state index is 12.8. The molecule has 1 aromatic rings. The van der Waals surface area contributed by atoms with Crippen LogP contribution in [-0.4, -0.2) is 53.9 Å². The van der Waals surface area contributed by atoms with Crippen LogP contribution < -0.4 is 10.0 Å². The molecule has 1 aliphatic heterocycles. The SMILES string of the molecule is CNCC1CCN(S(=O)(=O)c2cccc(S(=O)(=O)NC3CC3)c2)C1.Cl. The number of sulfonamides is 2. The molecule has 1 saturated heterocycles. The number of halogens is 1. The van der Waals surface area contributed by atoms with Crippen molar-refractivity contribution in [1.82, 2.24) is 14.3 Å². The summed E-state index contributed by atoms with van der Waals surface area (Å²) in [4.78, 5) is 0.0349. The Hall–Kier alpha value is -0.710. The maximum atomic E-state index is 12.8. The summed E-state index contributed by atoms with van der Waals surface area (Å²) in [6.45, 7) is 1.69. The van der Waals surface area contributed by atoms with Gasteiger partial charge < -0.3 is 5.32 Å². The first-order valence-electron chi connectivity index (χ1n) is 8.10. The summed E-state index contributed by atoms with van der Waals surface area (Å²) in [6.07, 6.45) is 2.47. The summed E-state index contributed by atoms with van der Waals surface area (Å²) >= 11 is 0. The molecular weight excluding hydrogens is 386 g/mol. The van der Waals surface area contributed by atoms with E-state index >= 15 is 0 Å².